The van der Waals surface area contributed by atoms with E-state index in [1.807, 2.05) is 19.0 Å². The van der Waals surface area contributed by atoms with Crippen LogP contribution in [0.4, 0.5) is 0 Å². The van der Waals surface area contributed by atoms with Crippen molar-refractivity contribution in [3.8, 4) is 0 Å². The van der Waals surface area contributed by atoms with E-state index in [2.05, 4.69) is 46.5 Å². The van der Waals surface area contributed by atoms with Crippen molar-refractivity contribution in [2.24, 2.45) is 12.0 Å². The summed E-state index contributed by atoms with van der Waals surface area (Å²) in [5.74, 6) is 1.76. The zero-order valence-corrected chi connectivity index (χ0v) is 16.2. The fourth-order valence-corrected chi connectivity index (χ4v) is 1.75. The lowest BCUT2D eigenvalue weighted by molar-refractivity contribution is 0.418. The van der Waals surface area contributed by atoms with Gasteiger partial charge in [0.25, 0.3) is 0 Å². The summed E-state index contributed by atoms with van der Waals surface area (Å²) in [6.45, 7) is 8.85. The number of hydrogen-bond acceptors (Lipinski definition) is 4. The lowest BCUT2D eigenvalue weighted by Gasteiger charge is -2.24. The van der Waals surface area contributed by atoms with Gasteiger partial charge in [-0.2, -0.15) is 5.10 Å². The summed E-state index contributed by atoms with van der Waals surface area (Å²) < 4.78 is 1.77. The van der Waals surface area contributed by atoms with E-state index in [-0.39, 0.29) is 29.5 Å². The number of nitrogens with zero attached hydrogens (tertiary/aromatic N) is 5. The van der Waals surface area contributed by atoms with Crippen LogP contribution in [0.15, 0.2) is 11.3 Å². The van der Waals surface area contributed by atoms with E-state index in [4.69, 9.17) is 0 Å². The molecule has 0 aliphatic heterocycles. The largest absolute Gasteiger partial charge is 0.355 e. The van der Waals surface area contributed by atoms with Gasteiger partial charge in [0.05, 0.1) is 6.54 Å². The summed E-state index contributed by atoms with van der Waals surface area (Å²) in [5.41, 5.74) is 0.135. The van der Waals surface area contributed by atoms with Gasteiger partial charge in [0.2, 0.25) is 0 Å². The molecule has 0 aliphatic carbocycles. The predicted octanol–water partition coefficient (Wildman–Crippen LogP) is 0.828. The molecule has 0 aliphatic rings. The molecular formula is C13H28IN7. The molecule has 1 aromatic heterocycles. The Kier molecular flexibility index (Phi) is 8.79. The number of guanidine groups is 1. The summed E-state index contributed by atoms with van der Waals surface area (Å²) in [4.78, 5) is 10.5. The first-order valence-corrected chi connectivity index (χ1v) is 6.83. The molecule has 1 aromatic rings. The maximum absolute atomic E-state index is 4.28. The molecule has 2 N–H and O–H groups in total. The van der Waals surface area contributed by atoms with Crippen LogP contribution in [0.5, 0.6) is 0 Å². The molecule has 122 valence electrons. The Hall–Kier alpha value is -0.900. The Morgan fingerprint density at radius 3 is 2.52 bits per heavy atom. The van der Waals surface area contributed by atoms with Crippen molar-refractivity contribution in [2.75, 3.05) is 27.2 Å². The lowest BCUT2D eigenvalue weighted by Crippen LogP contribution is -2.45. The number of aromatic nitrogens is 3. The maximum atomic E-state index is 4.28. The monoisotopic (exact) mass is 409 g/mol. The van der Waals surface area contributed by atoms with Crippen LogP contribution in [0.2, 0.25) is 0 Å². The second kappa shape index (κ2) is 9.19. The van der Waals surface area contributed by atoms with Crippen LogP contribution >= 0.6 is 24.0 Å². The normalized spacial score (nSPS) is 12.0. The average Bonchev–Trinajstić information content (AvgIpc) is 2.73. The molecule has 0 amide bonds. The van der Waals surface area contributed by atoms with Gasteiger partial charge < -0.3 is 15.5 Å². The molecule has 21 heavy (non-hydrogen) atoms. The number of aryl methyl sites for hydroxylation is 1. The first-order valence-electron chi connectivity index (χ1n) is 6.83. The van der Waals surface area contributed by atoms with E-state index in [1.165, 1.54) is 0 Å². The third kappa shape index (κ3) is 7.60. The third-order valence-electron chi connectivity index (χ3n) is 2.82. The molecule has 1 rings (SSSR count). The minimum absolute atomic E-state index is 0. The van der Waals surface area contributed by atoms with E-state index in [0.29, 0.717) is 6.54 Å². The van der Waals surface area contributed by atoms with E-state index in [9.17, 15) is 0 Å². The fraction of sp³-hybridized carbons (Fsp3) is 0.769. The molecule has 0 spiro atoms. The Bertz CT molecular complexity index is 436. The van der Waals surface area contributed by atoms with Crippen molar-refractivity contribution in [1.29, 1.82) is 0 Å². The zero-order valence-electron chi connectivity index (χ0n) is 13.8. The molecule has 1 heterocycles. The van der Waals surface area contributed by atoms with Crippen molar-refractivity contribution < 1.29 is 0 Å². The molecule has 0 aromatic carbocycles. The van der Waals surface area contributed by atoms with Gasteiger partial charge in [0.1, 0.15) is 12.2 Å². The SMILES string of the molecule is CN=C(NCCNC(C)(C)C)N(C)Cc1ncnn1C.I. The van der Waals surface area contributed by atoms with E-state index in [0.717, 1.165) is 24.9 Å². The third-order valence-corrected chi connectivity index (χ3v) is 2.82. The topological polar surface area (TPSA) is 70.4 Å². The van der Waals surface area contributed by atoms with E-state index in [1.54, 1.807) is 18.1 Å². The Balaban J connectivity index is 0.00000400. The summed E-state index contributed by atoms with van der Waals surface area (Å²) >= 11 is 0. The van der Waals surface area contributed by atoms with Gasteiger partial charge in [-0.25, -0.2) is 4.98 Å². The van der Waals surface area contributed by atoms with Crippen LogP contribution < -0.4 is 10.6 Å². The molecule has 0 radical (unpaired) electrons. The molecule has 0 unspecified atom stereocenters. The second-order valence-electron chi connectivity index (χ2n) is 5.81. The molecular weight excluding hydrogens is 381 g/mol. The van der Waals surface area contributed by atoms with Crippen molar-refractivity contribution in [3.63, 3.8) is 0 Å². The highest BCUT2D eigenvalue weighted by molar-refractivity contribution is 14.0. The first kappa shape index (κ1) is 20.1. The maximum Gasteiger partial charge on any atom is 0.193 e. The summed E-state index contributed by atoms with van der Waals surface area (Å²) in [7, 11) is 5.66. The van der Waals surface area contributed by atoms with Gasteiger partial charge in [0, 0.05) is 39.8 Å². The molecule has 0 fully saturated rings. The van der Waals surface area contributed by atoms with Gasteiger partial charge >= 0.3 is 0 Å². The molecule has 0 saturated heterocycles. The van der Waals surface area contributed by atoms with Crippen LogP contribution in [0.1, 0.15) is 26.6 Å². The van der Waals surface area contributed by atoms with Crippen LogP contribution in [0.3, 0.4) is 0 Å². The average molecular weight is 409 g/mol. The summed E-state index contributed by atoms with van der Waals surface area (Å²) in [6.07, 6.45) is 1.56. The van der Waals surface area contributed by atoms with E-state index < -0.39 is 0 Å². The Labute approximate surface area is 144 Å². The van der Waals surface area contributed by atoms with Gasteiger partial charge in [-0.3, -0.25) is 9.67 Å². The molecule has 0 saturated carbocycles. The first-order chi connectivity index (χ1) is 9.33. The number of nitrogens with one attached hydrogen (secondary N) is 2. The van der Waals surface area contributed by atoms with Crippen molar-refractivity contribution in [3.05, 3.63) is 12.2 Å². The molecule has 0 atom stereocenters. The Morgan fingerprint density at radius 2 is 2.05 bits per heavy atom. The Morgan fingerprint density at radius 1 is 1.38 bits per heavy atom. The van der Waals surface area contributed by atoms with Crippen LogP contribution in [0, 0.1) is 0 Å². The van der Waals surface area contributed by atoms with Crippen LogP contribution in [0.25, 0.3) is 0 Å². The van der Waals surface area contributed by atoms with Crippen LogP contribution in [-0.2, 0) is 13.6 Å². The standard InChI is InChI=1S/C13H27N7.HI/c1-13(2,3)17-8-7-15-12(14-4)19(5)9-11-16-10-18-20(11)6;/h10,17H,7-9H2,1-6H3,(H,14,15);1H. The van der Waals surface area contributed by atoms with Crippen LogP contribution in [-0.4, -0.2) is 58.3 Å². The minimum Gasteiger partial charge on any atom is -0.355 e. The summed E-state index contributed by atoms with van der Waals surface area (Å²) in [5, 5.41) is 10.8. The van der Waals surface area contributed by atoms with E-state index >= 15 is 0 Å². The minimum atomic E-state index is 0. The fourth-order valence-electron chi connectivity index (χ4n) is 1.75. The number of hydrogen-bond donors (Lipinski definition) is 2. The highest BCUT2D eigenvalue weighted by Crippen LogP contribution is 1.98. The van der Waals surface area contributed by atoms with Crippen molar-refractivity contribution in [2.45, 2.75) is 32.9 Å². The predicted molar refractivity (Wildman–Crippen MR) is 97.0 cm³/mol. The number of aliphatic imine (C=N–C) groups is 1. The summed E-state index contributed by atoms with van der Waals surface area (Å²) in [6, 6.07) is 0. The second-order valence-corrected chi connectivity index (χ2v) is 5.81. The highest BCUT2D eigenvalue weighted by atomic mass is 127. The molecule has 8 heteroatoms. The number of halogens is 1. The lowest BCUT2D eigenvalue weighted by atomic mass is 10.1. The van der Waals surface area contributed by atoms with Gasteiger partial charge in [-0.15, -0.1) is 24.0 Å². The molecule has 0 bridgehead atoms. The van der Waals surface area contributed by atoms with Crippen molar-refractivity contribution in [1.82, 2.24) is 30.3 Å². The molecule has 7 nitrogen and oxygen atoms in total. The zero-order chi connectivity index (χ0) is 15.2. The highest BCUT2D eigenvalue weighted by Gasteiger charge is 2.11. The van der Waals surface area contributed by atoms with Gasteiger partial charge in [-0.05, 0) is 20.8 Å². The smallest absolute Gasteiger partial charge is 0.193 e. The van der Waals surface area contributed by atoms with Crippen molar-refractivity contribution >= 4 is 29.9 Å². The van der Waals surface area contributed by atoms with Gasteiger partial charge in [-0.1, -0.05) is 0 Å². The van der Waals surface area contributed by atoms with Gasteiger partial charge in [0.15, 0.2) is 5.96 Å². The number of rotatable bonds is 5. The quantitative estimate of drug-likeness (QED) is 0.326.